The number of aromatic nitrogens is 4. The smallest absolute Gasteiger partial charge is 0.392 e. The third-order valence-electron chi connectivity index (χ3n) is 4.04. The number of hydrogen-bond acceptors (Lipinski definition) is 5. The maximum absolute atomic E-state index is 13.5. The zero-order valence-electron chi connectivity index (χ0n) is 14.2. The molecule has 12 heteroatoms. The molecule has 2 heterocycles. The minimum atomic E-state index is -4.87. The Kier molecular flexibility index (Phi) is 5.53. The van der Waals surface area contributed by atoms with Gasteiger partial charge in [0.2, 0.25) is 5.89 Å². The molecule has 0 aromatic carbocycles. The van der Waals surface area contributed by atoms with Crippen LogP contribution in [0.4, 0.5) is 13.2 Å². The second-order valence-corrected chi connectivity index (χ2v) is 7.14. The molecular weight excluding hydrogens is 424 g/mol. The Balaban J connectivity index is 2.00. The first-order chi connectivity index (χ1) is 13.0. The molecule has 0 saturated carbocycles. The number of rotatable bonds is 4. The molecule has 7 nitrogen and oxygen atoms in total. The number of nitrogens with one attached hydrogen (secondary N) is 2. The second-order valence-electron chi connectivity index (χ2n) is 6.23. The molecule has 2 atom stereocenters. The summed E-state index contributed by atoms with van der Waals surface area (Å²) < 4.78 is 45.2. The Morgan fingerprint density at radius 2 is 2.00 bits per heavy atom. The highest BCUT2D eigenvalue weighted by Gasteiger charge is 2.37. The molecule has 150 valence electrons. The van der Waals surface area contributed by atoms with Gasteiger partial charge in [0.1, 0.15) is 5.82 Å². The molecule has 3 rings (SSSR count). The van der Waals surface area contributed by atoms with Gasteiger partial charge >= 0.3 is 11.9 Å². The molecule has 28 heavy (non-hydrogen) atoms. The van der Waals surface area contributed by atoms with Gasteiger partial charge in [-0.1, -0.05) is 24.6 Å². The van der Waals surface area contributed by atoms with Crippen LogP contribution in [0.5, 0.6) is 0 Å². The largest absolute Gasteiger partial charge is 0.434 e. The van der Waals surface area contributed by atoms with Crippen LogP contribution in [-0.2, 0) is 19.0 Å². The van der Waals surface area contributed by atoms with Gasteiger partial charge in [-0.15, -0.1) is 16.7 Å². The third kappa shape index (κ3) is 4.39. The van der Waals surface area contributed by atoms with E-state index in [0.29, 0.717) is 5.57 Å². The summed E-state index contributed by atoms with van der Waals surface area (Å²) in [6.07, 6.45) is -2.47. The molecule has 0 amide bonds. The molecule has 2 aromatic rings. The SMILES string of the molecule is CC1C=C(Cc2c(C(F)(F)F)nc(Cc3n[nH]c(=O)o3)[nH]c2=O)C=C(Cl)C1Cl. The lowest BCUT2D eigenvalue weighted by Crippen LogP contribution is -2.26. The van der Waals surface area contributed by atoms with E-state index in [1.54, 1.807) is 13.0 Å². The monoisotopic (exact) mass is 436 g/mol. The summed E-state index contributed by atoms with van der Waals surface area (Å²) in [4.78, 5) is 29.1. The van der Waals surface area contributed by atoms with E-state index in [2.05, 4.69) is 19.5 Å². The van der Waals surface area contributed by atoms with Gasteiger partial charge < -0.3 is 9.40 Å². The zero-order valence-corrected chi connectivity index (χ0v) is 15.7. The predicted molar refractivity (Wildman–Crippen MR) is 94.3 cm³/mol. The van der Waals surface area contributed by atoms with Crippen LogP contribution in [0.2, 0.25) is 0 Å². The van der Waals surface area contributed by atoms with E-state index in [4.69, 9.17) is 23.2 Å². The number of hydrogen-bond donors (Lipinski definition) is 2. The minimum absolute atomic E-state index is 0.208. The maximum Gasteiger partial charge on any atom is 0.434 e. The van der Waals surface area contributed by atoms with Crippen molar-refractivity contribution in [3.63, 3.8) is 0 Å². The fraction of sp³-hybridized carbons (Fsp3) is 0.375. The number of allylic oxidation sites excluding steroid dienone is 4. The topological polar surface area (TPSA) is 105 Å². The predicted octanol–water partition coefficient (Wildman–Crippen LogP) is 2.90. The van der Waals surface area contributed by atoms with E-state index >= 15 is 0 Å². The summed E-state index contributed by atoms with van der Waals surface area (Å²) in [6, 6.07) is 0. The Hall–Kier alpha value is -2.33. The molecule has 1 aliphatic rings. The van der Waals surface area contributed by atoms with Gasteiger partial charge in [-0.05, 0) is 17.6 Å². The molecule has 2 unspecified atom stereocenters. The molecule has 2 N–H and O–H groups in total. The highest BCUT2D eigenvalue weighted by Crippen LogP contribution is 2.34. The molecule has 0 aliphatic heterocycles. The molecular formula is C16H13Cl2F3N4O3. The third-order valence-corrected chi connectivity index (χ3v) is 5.13. The quantitative estimate of drug-likeness (QED) is 0.716. The minimum Gasteiger partial charge on any atom is -0.392 e. The first-order valence-corrected chi connectivity index (χ1v) is 8.81. The molecule has 0 fully saturated rings. The van der Waals surface area contributed by atoms with Gasteiger partial charge in [0, 0.05) is 11.5 Å². The van der Waals surface area contributed by atoms with Gasteiger partial charge in [-0.25, -0.2) is 14.9 Å². The number of H-pyrrole nitrogens is 2. The van der Waals surface area contributed by atoms with Crippen LogP contribution in [0.1, 0.15) is 29.9 Å². The first kappa shape index (κ1) is 20.4. The molecule has 1 aliphatic carbocycles. The van der Waals surface area contributed by atoms with Crippen LogP contribution in [0.15, 0.2) is 36.8 Å². The van der Waals surface area contributed by atoms with E-state index < -0.39 is 40.5 Å². The van der Waals surface area contributed by atoms with Crippen molar-refractivity contribution >= 4 is 23.2 Å². The normalized spacial score (nSPS) is 20.1. The number of nitrogens with zero attached hydrogens (tertiary/aromatic N) is 2. The summed E-state index contributed by atoms with van der Waals surface area (Å²) in [7, 11) is 0. The number of alkyl halides is 4. The molecule has 0 radical (unpaired) electrons. The summed E-state index contributed by atoms with van der Waals surface area (Å²) >= 11 is 12.1. The van der Waals surface area contributed by atoms with Crippen molar-refractivity contribution in [2.24, 2.45) is 5.92 Å². The number of halogens is 5. The van der Waals surface area contributed by atoms with Gasteiger partial charge in [-0.2, -0.15) is 13.2 Å². The van der Waals surface area contributed by atoms with Crippen molar-refractivity contribution in [1.82, 2.24) is 20.2 Å². The van der Waals surface area contributed by atoms with Crippen LogP contribution < -0.4 is 11.3 Å². The van der Waals surface area contributed by atoms with Crippen molar-refractivity contribution in [3.05, 3.63) is 66.6 Å². The molecule has 2 aromatic heterocycles. The summed E-state index contributed by atoms with van der Waals surface area (Å²) in [6.45, 7) is 1.76. The van der Waals surface area contributed by atoms with Gasteiger partial charge in [0.05, 0.1) is 17.4 Å². The van der Waals surface area contributed by atoms with Crippen molar-refractivity contribution < 1.29 is 17.6 Å². The van der Waals surface area contributed by atoms with E-state index in [0.717, 1.165) is 0 Å². The van der Waals surface area contributed by atoms with E-state index in [1.807, 2.05) is 5.10 Å². The van der Waals surface area contributed by atoms with Crippen LogP contribution in [0.25, 0.3) is 0 Å². The van der Waals surface area contributed by atoms with E-state index in [9.17, 15) is 22.8 Å². The molecule has 0 saturated heterocycles. The van der Waals surface area contributed by atoms with Crippen LogP contribution in [0, 0.1) is 5.92 Å². The Labute approximate surface area is 165 Å². The highest BCUT2D eigenvalue weighted by atomic mass is 35.5. The summed E-state index contributed by atoms with van der Waals surface area (Å²) in [5, 5.41) is 5.26. The lowest BCUT2D eigenvalue weighted by atomic mass is 9.93. The fourth-order valence-corrected chi connectivity index (χ4v) is 3.27. The first-order valence-electron chi connectivity index (χ1n) is 8.00. The van der Waals surface area contributed by atoms with Gasteiger partial charge in [-0.3, -0.25) is 4.79 Å². The van der Waals surface area contributed by atoms with Gasteiger partial charge in [0.25, 0.3) is 5.56 Å². The van der Waals surface area contributed by atoms with Crippen molar-refractivity contribution in [2.75, 3.05) is 0 Å². The van der Waals surface area contributed by atoms with Crippen molar-refractivity contribution in [1.29, 1.82) is 0 Å². The van der Waals surface area contributed by atoms with Crippen molar-refractivity contribution in [3.8, 4) is 0 Å². The average molecular weight is 437 g/mol. The van der Waals surface area contributed by atoms with Gasteiger partial charge in [0.15, 0.2) is 5.69 Å². The second kappa shape index (κ2) is 7.59. The fourth-order valence-electron chi connectivity index (χ4n) is 2.80. The van der Waals surface area contributed by atoms with E-state index in [1.165, 1.54) is 6.08 Å². The highest BCUT2D eigenvalue weighted by molar-refractivity contribution is 6.37. The number of aromatic amines is 2. The summed E-state index contributed by atoms with van der Waals surface area (Å²) in [5.41, 5.74) is -2.40. The van der Waals surface area contributed by atoms with Crippen LogP contribution >= 0.6 is 23.2 Å². The molecule has 0 spiro atoms. The van der Waals surface area contributed by atoms with Crippen molar-refractivity contribution in [2.45, 2.75) is 31.3 Å². The lowest BCUT2D eigenvalue weighted by molar-refractivity contribution is -0.142. The Bertz CT molecular complexity index is 1070. The van der Waals surface area contributed by atoms with E-state index in [-0.39, 0.29) is 29.1 Å². The zero-order chi connectivity index (χ0) is 20.6. The maximum atomic E-state index is 13.5. The lowest BCUT2D eigenvalue weighted by Gasteiger charge is -2.21. The van der Waals surface area contributed by atoms with Crippen LogP contribution in [0.3, 0.4) is 0 Å². The molecule has 0 bridgehead atoms. The van der Waals surface area contributed by atoms with Crippen LogP contribution in [-0.4, -0.2) is 25.5 Å². The summed E-state index contributed by atoms with van der Waals surface area (Å²) in [5.74, 6) is -1.63. The Morgan fingerprint density at radius 1 is 1.29 bits per heavy atom. The Morgan fingerprint density at radius 3 is 2.57 bits per heavy atom. The standard InChI is InChI=1S/C16H13Cl2F3N4O3/c1-6-2-7(4-9(17)12(6)18)3-8-13(16(19,20)21)22-10(23-14(8)26)5-11-24-25-15(27)28-11/h2,4,6,12H,3,5H2,1H3,(H,25,27)(H,22,23,26). The average Bonchev–Trinajstić information content (AvgIpc) is 2.98.